The second kappa shape index (κ2) is 8.20. The average molecular weight is 399 g/mol. The van der Waals surface area contributed by atoms with Crippen LogP contribution in [0.25, 0.3) is 0 Å². The van der Waals surface area contributed by atoms with Crippen molar-refractivity contribution < 1.29 is 19.8 Å². The van der Waals surface area contributed by atoms with Gasteiger partial charge in [0.25, 0.3) is 0 Å². The van der Waals surface area contributed by atoms with Crippen LogP contribution in [-0.4, -0.2) is 69.5 Å². The molecule has 0 saturated carbocycles. The molecule has 9 heteroatoms. The summed E-state index contributed by atoms with van der Waals surface area (Å²) in [5.74, 6) is -1.51. The summed E-state index contributed by atoms with van der Waals surface area (Å²) in [5.41, 5.74) is 0. The number of hydrogen-bond donors (Lipinski definition) is 2. The third-order valence-corrected chi connectivity index (χ3v) is 4.58. The molecule has 2 aliphatic rings. The molecule has 3 heterocycles. The number of aromatic nitrogens is 2. The number of hydrogen-bond acceptors (Lipinski definition) is 6. The lowest BCUT2D eigenvalue weighted by atomic mass is 10.2. The standard InChI is InChI=1S/C11H15BrN4.C4H4O4/c1-15-8-2-3-9(15)7-16(6-8)11-5-4-10(12)13-14-11;5-3(6)1-2-4(7)8/h4-5,8-9H,2-3,6-7H2,1H3;1-2H,(H,5,6)(H,7,8)/b;2-1+. The maximum Gasteiger partial charge on any atom is 0.328 e. The van der Waals surface area contributed by atoms with E-state index in [9.17, 15) is 9.59 Å². The van der Waals surface area contributed by atoms with E-state index in [2.05, 4.69) is 43.0 Å². The lowest BCUT2D eigenvalue weighted by Gasteiger charge is -2.39. The van der Waals surface area contributed by atoms with Gasteiger partial charge in [-0.2, -0.15) is 0 Å². The highest BCUT2D eigenvalue weighted by atomic mass is 79.9. The van der Waals surface area contributed by atoms with E-state index in [-0.39, 0.29) is 0 Å². The van der Waals surface area contributed by atoms with Crippen molar-refractivity contribution in [3.05, 3.63) is 28.9 Å². The Labute approximate surface area is 147 Å². The zero-order chi connectivity index (χ0) is 17.7. The lowest BCUT2D eigenvalue weighted by molar-refractivity contribution is -0.134. The number of carbonyl (C=O) groups is 2. The SMILES string of the molecule is CN1C2CCC1CN(c1ccc(Br)nn1)C2.O=C(O)/C=C/C(=O)O. The van der Waals surface area contributed by atoms with E-state index in [4.69, 9.17) is 10.2 Å². The fraction of sp³-hybridized carbons (Fsp3) is 0.467. The second-order valence-corrected chi connectivity index (χ2v) is 6.49. The van der Waals surface area contributed by atoms with Crippen LogP contribution in [0.3, 0.4) is 0 Å². The number of likely N-dealkylation sites (N-methyl/N-ethyl adjacent to an activating group) is 1. The Hall–Kier alpha value is -2.00. The number of carboxylic acids is 2. The van der Waals surface area contributed by atoms with Crippen molar-refractivity contribution in [1.82, 2.24) is 15.1 Å². The van der Waals surface area contributed by atoms with Crippen LogP contribution in [-0.2, 0) is 9.59 Å². The van der Waals surface area contributed by atoms with Gasteiger partial charge in [0, 0.05) is 37.3 Å². The van der Waals surface area contributed by atoms with E-state index in [1.54, 1.807) is 0 Å². The molecule has 2 unspecified atom stereocenters. The average Bonchev–Trinajstić information content (AvgIpc) is 2.75. The van der Waals surface area contributed by atoms with Crippen LogP contribution < -0.4 is 4.90 Å². The van der Waals surface area contributed by atoms with E-state index < -0.39 is 11.9 Å². The van der Waals surface area contributed by atoms with Gasteiger partial charge in [0.05, 0.1) is 0 Å². The summed E-state index contributed by atoms with van der Waals surface area (Å²) in [6.45, 7) is 2.17. The van der Waals surface area contributed by atoms with Crippen LogP contribution in [0.1, 0.15) is 12.8 Å². The number of rotatable bonds is 3. The Balaban J connectivity index is 0.000000224. The van der Waals surface area contributed by atoms with Crippen LogP contribution >= 0.6 is 15.9 Å². The monoisotopic (exact) mass is 398 g/mol. The molecule has 2 atom stereocenters. The molecule has 24 heavy (non-hydrogen) atoms. The van der Waals surface area contributed by atoms with E-state index in [0.717, 1.165) is 23.5 Å². The van der Waals surface area contributed by atoms with Crippen molar-refractivity contribution in [2.45, 2.75) is 24.9 Å². The lowest BCUT2D eigenvalue weighted by Crippen LogP contribution is -2.52. The van der Waals surface area contributed by atoms with Crippen molar-refractivity contribution in [1.29, 1.82) is 0 Å². The molecule has 0 amide bonds. The molecule has 2 fully saturated rings. The predicted molar refractivity (Wildman–Crippen MR) is 90.9 cm³/mol. The van der Waals surface area contributed by atoms with Crippen molar-refractivity contribution in [2.75, 3.05) is 25.0 Å². The second-order valence-electron chi connectivity index (χ2n) is 5.68. The minimum Gasteiger partial charge on any atom is -0.478 e. The molecule has 2 saturated heterocycles. The topological polar surface area (TPSA) is 107 Å². The first-order chi connectivity index (χ1) is 11.4. The molecule has 0 aromatic carbocycles. The molecule has 1 aromatic rings. The summed E-state index contributed by atoms with van der Waals surface area (Å²) in [4.78, 5) is 24.0. The highest BCUT2D eigenvalue weighted by Crippen LogP contribution is 2.30. The molecule has 0 aliphatic carbocycles. The van der Waals surface area contributed by atoms with Crippen LogP contribution in [0, 0.1) is 0 Å². The Kier molecular flexibility index (Phi) is 6.27. The summed E-state index contributed by atoms with van der Waals surface area (Å²) in [6, 6.07) is 5.40. The van der Waals surface area contributed by atoms with Crippen LogP contribution in [0.2, 0.25) is 0 Å². The maximum atomic E-state index is 9.55. The van der Waals surface area contributed by atoms with Crippen LogP contribution in [0.5, 0.6) is 0 Å². The van der Waals surface area contributed by atoms with Gasteiger partial charge in [0.15, 0.2) is 5.82 Å². The molecule has 8 nitrogen and oxygen atoms in total. The number of aliphatic carboxylic acids is 2. The minimum atomic E-state index is -1.26. The quantitative estimate of drug-likeness (QED) is 0.732. The van der Waals surface area contributed by atoms with E-state index in [0.29, 0.717) is 24.2 Å². The molecule has 130 valence electrons. The zero-order valence-electron chi connectivity index (χ0n) is 13.2. The van der Waals surface area contributed by atoms with Crippen molar-refractivity contribution >= 4 is 33.7 Å². The van der Waals surface area contributed by atoms with Gasteiger partial charge in [0.1, 0.15) is 4.60 Å². The summed E-state index contributed by atoms with van der Waals surface area (Å²) in [7, 11) is 2.24. The Morgan fingerprint density at radius 1 is 1.12 bits per heavy atom. The molecule has 2 aliphatic heterocycles. The normalized spacial score (nSPS) is 23.0. The number of anilines is 1. The molecule has 2 bridgehead atoms. The largest absolute Gasteiger partial charge is 0.478 e. The highest BCUT2D eigenvalue weighted by Gasteiger charge is 2.37. The molecule has 3 rings (SSSR count). The number of piperazine rings is 1. The minimum absolute atomic E-state index is 0.558. The third-order valence-electron chi connectivity index (χ3n) is 4.16. The first-order valence-electron chi connectivity index (χ1n) is 7.47. The van der Waals surface area contributed by atoms with Gasteiger partial charge in [-0.3, -0.25) is 4.90 Å². The van der Waals surface area contributed by atoms with Gasteiger partial charge in [-0.1, -0.05) is 0 Å². The summed E-state index contributed by atoms with van der Waals surface area (Å²) < 4.78 is 0.799. The number of carboxylic acid groups (broad SMARTS) is 2. The van der Waals surface area contributed by atoms with Gasteiger partial charge in [-0.05, 0) is 48.0 Å². The molecular weight excluding hydrogens is 380 g/mol. The van der Waals surface area contributed by atoms with E-state index >= 15 is 0 Å². The molecular formula is C15H19BrN4O4. The predicted octanol–water partition coefficient (Wildman–Crippen LogP) is 1.23. The fourth-order valence-electron chi connectivity index (χ4n) is 2.92. The Morgan fingerprint density at radius 2 is 1.67 bits per heavy atom. The van der Waals surface area contributed by atoms with Gasteiger partial charge in [0.2, 0.25) is 0 Å². The van der Waals surface area contributed by atoms with Gasteiger partial charge < -0.3 is 15.1 Å². The van der Waals surface area contributed by atoms with Crippen molar-refractivity contribution in [3.63, 3.8) is 0 Å². The van der Waals surface area contributed by atoms with Gasteiger partial charge in [-0.15, -0.1) is 10.2 Å². The van der Waals surface area contributed by atoms with Crippen molar-refractivity contribution in [2.24, 2.45) is 0 Å². The number of fused-ring (bicyclic) bond motifs is 2. The van der Waals surface area contributed by atoms with E-state index in [1.807, 2.05) is 12.1 Å². The number of nitrogens with zero attached hydrogens (tertiary/aromatic N) is 4. The van der Waals surface area contributed by atoms with Crippen molar-refractivity contribution in [3.8, 4) is 0 Å². The van der Waals surface area contributed by atoms with E-state index in [1.165, 1.54) is 12.8 Å². The molecule has 2 N–H and O–H groups in total. The first kappa shape index (κ1) is 18.3. The molecule has 0 radical (unpaired) electrons. The van der Waals surface area contributed by atoms with Gasteiger partial charge >= 0.3 is 11.9 Å². The maximum absolute atomic E-state index is 9.55. The Bertz CT molecular complexity index is 592. The molecule has 1 aromatic heterocycles. The van der Waals surface area contributed by atoms with Crippen LogP contribution in [0.15, 0.2) is 28.9 Å². The summed E-state index contributed by atoms with van der Waals surface area (Å²) in [6.07, 6.45) is 3.76. The fourth-order valence-corrected chi connectivity index (χ4v) is 3.13. The third kappa shape index (κ3) is 5.00. The smallest absolute Gasteiger partial charge is 0.328 e. The number of halogens is 1. The summed E-state index contributed by atoms with van der Waals surface area (Å²) >= 11 is 3.31. The molecule has 0 spiro atoms. The highest BCUT2D eigenvalue weighted by molar-refractivity contribution is 9.10. The Morgan fingerprint density at radius 3 is 2.08 bits per heavy atom. The van der Waals surface area contributed by atoms with Gasteiger partial charge in [-0.25, -0.2) is 9.59 Å². The zero-order valence-corrected chi connectivity index (χ0v) is 14.8. The van der Waals surface area contributed by atoms with Crippen LogP contribution in [0.4, 0.5) is 5.82 Å². The summed E-state index contributed by atoms with van der Waals surface area (Å²) in [5, 5.41) is 23.9. The first-order valence-corrected chi connectivity index (χ1v) is 8.26.